The largest absolute Gasteiger partial charge is 0.433 e. The van der Waals surface area contributed by atoms with Gasteiger partial charge in [-0.2, -0.15) is 8.78 Å². The van der Waals surface area contributed by atoms with E-state index in [1.54, 1.807) is 34.9 Å². The summed E-state index contributed by atoms with van der Waals surface area (Å²) in [5.41, 5.74) is 0.407. The van der Waals surface area contributed by atoms with Gasteiger partial charge < -0.3 is 10.1 Å². The number of halogens is 3. The van der Waals surface area contributed by atoms with Crippen LogP contribution in [0.3, 0.4) is 0 Å². The number of para-hydroxylation sites is 2. The van der Waals surface area contributed by atoms with Gasteiger partial charge in [-0.1, -0.05) is 42.1 Å². The number of nitrogens with zero attached hydrogens (tertiary/aromatic N) is 3. The van der Waals surface area contributed by atoms with E-state index in [4.69, 9.17) is 0 Å². The molecular weight excluding hydrogens is 417 g/mol. The topological polar surface area (TPSA) is 69.0 Å². The number of amides is 1. The number of aromatic nitrogens is 3. The van der Waals surface area contributed by atoms with Gasteiger partial charge in [-0.05, 0) is 24.3 Å². The molecule has 0 saturated heterocycles. The van der Waals surface area contributed by atoms with Gasteiger partial charge in [0.05, 0.1) is 17.0 Å². The third-order valence-electron chi connectivity index (χ3n) is 3.85. The quantitative estimate of drug-likeness (QED) is 0.394. The number of carbonyl (C=O) groups is 1. The molecule has 0 spiro atoms. The second-order valence-electron chi connectivity index (χ2n) is 5.90. The Morgan fingerprint density at radius 1 is 1.20 bits per heavy atom. The van der Waals surface area contributed by atoms with Crippen molar-refractivity contribution in [2.24, 2.45) is 0 Å². The van der Waals surface area contributed by atoms with E-state index in [-0.39, 0.29) is 22.8 Å². The molecule has 156 valence electrons. The molecule has 2 aromatic carbocycles. The second kappa shape index (κ2) is 9.97. The first-order chi connectivity index (χ1) is 14.5. The Hall–Kier alpha value is -3.27. The molecule has 0 aliphatic heterocycles. The maximum Gasteiger partial charge on any atom is 0.387 e. The van der Waals surface area contributed by atoms with Gasteiger partial charge >= 0.3 is 6.61 Å². The van der Waals surface area contributed by atoms with Gasteiger partial charge in [-0.3, -0.25) is 9.36 Å². The summed E-state index contributed by atoms with van der Waals surface area (Å²) >= 11 is 1.07. The van der Waals surface area contributed by atoms with E-state index < -0.39 is 18.3 Å². The van der Waals surface area contributed by atoms with Crippen LogP contribution in [0.4, 0.5) is 18.9 Å². The highest BCUT2D eigenvalue weighted by Gasteiger charge is 2.18. The van der Waals surface area contributed by atoms with Crippen LogP contribution in [0.25, 0.3) is 11.4 Å². The molecule has 6 nitrogen and oxygen atoms in total. The third kappa shape index (κ3) is 5.20. The fourth-order valence-corrected chi connectivity index (χ4v) is 3.36. The van der Waals surface area contributed by atoms with E-state index in [1.165, 1.54) is 24.3 Å². The van der Waals surface area contributed by atoms with Crippen LogP contribution in [0.2, 0.25) is 0 Å². The first kappa shape index (κ1) is 21.4. The van der Waals surface area contributed by atoms with E-state index in [1.807, 2.05) is 0 Å². The average Bonchev–Trinajstić information content (AvgIpc) is 3.11. The Labute approximate surface area is 174 Å². The number of alkyl halides is 2. The second-order valence-corrected chi connectivity index (χ2v) is 6.84. The normalized spacial score (nSPS) is 10.8. The monoisotopic (exact) mass is 434 g/mol. The van der Waals surface area contributed by atoms with Crippen molar-refractivity contribution in [3.05, 3.63) is 67.0 Å². The standard InChI is InChI=1S/C20H17F3N4O2S/c1-2-11-27-18(13-7-3-4-8-14(13)21)25-26-20(27)30-12-17(28)24-15-9-5-6-10-16(15)29-19(22)23/h2-10,19H,1,11-12H2,(H,24,28). The van der Waals surface area contributed by atoms with E-state index in [0.29, 0.717) is 17.5 Å². The molecule has 0 bridgehead atoms. The maximum atomic E-state index is 14.1. The summed E-state index contributed by atoms with van der Waals surface area (Å²) in [5.74, 6) is -0.796. The highest BCUT2D eigenvalue weighted by Crippen LogP contribution is 2.28. The number of ether oxygens (including phenoxy) is 1. The fourth-order valence-electron chi connectivity index (χ4n) is 2.62. The molecule has 1 aromatic heterocycles. The minimum Gasteiger partial charge on any atom is -0.433 e. The Bertz CT molecular complexity index is 1040. The van der Waals surface area contributed by atoms with Gasteiger partial charge in [0.2, 0.25) is 5.91 Å². The Morgan fingerprint density at radius 3 is 2.67 bits per heavy atom. The van der Waals surface area contributed by atoms with Crippen LogP contribution in [-0.4, -0.2) is 33.0 Å². The smallest absolute Gasteiger partial charge is 0.387 e. The first-order valence-corrected chi connectivity index (χ1v) is 9.73. The van der Waals surface area contributed by atoms with Gasteiger partial charge in [-0.15, -0.1) is 16.8 Å². The van der Waals surface area contributed by atoms with E-state index in [9.17, 15) is 18.0 Å². The molecule has 3 aromatic rings. The van der Waals surface area contributed by atoms with Crippen LogP contribution in [0, 0.1) is 5.82 Å². The Balaban J connectivity index is 1.73. The zero-order valence-electron chi connectivity index (χ0n) is 15.6. The zero-order valence-corrected chi connectivity index (χ0v) is 16.4. The summed E-state index contributed by atoms with van der Waals surface area (Å²) < 4.78 is 45.2. The molecular formula is C20H17F3N4O2S. The lowest BCUT2D eigenvalue weighted by Crippen LogP contribution is -2.16. The SMILES string of the molecule is C=CCn1c(SCC(=O)Nc2ccccc2OC(F)F)nnc1-c1ccccc1F. The van der Waals surface area contributed by atoms with Crippen molar-refractivity contribution in [3.8, 4) is 17.1 Å². The van der Waals surface area contributed by atoms with Crippen LogP contribution in [0.5, 0.6) is 5.75 Å². The Kier molecular flexibility index (Phi) is 7.12. The molecule has 0 aliphatic carbocycles. The highest BCUT2D eigenvalue weighted by molar-refractivity contribution is 7.99. The van der Waals surface area contributed by atoms with Gasteiger partial charge in [0.1, 0.15) is 11.6 Å². The van der Waals surface area contributed by atoms with Crippen LogP contribution >= 0.6 is 11.8 Å². The molecule has 0 unspecified atom stereocenters. The average molecular weight is 434 g/mol. The third-order valence-corrected chi connectivity index (χ3v) is 4.82. The van der Waals surface area contributed by atoms with Crippen molar-refractivity contribution in [1.82, 2.24) is 14.8 Å². The lowest BCUT2D eigenvalue weighted by molar-refractivity contribution is -0.113. The predicted molar refractivity (Wildman–Crippen MR) is 108 cm³/mol. The van der Waals surface area contributed by atoms with Crippen LogP contribution in [0.1, 0.15) is 0 Å². The molecule has 0 atom stereocenters. The number of benzene rings is 2. The molecule has 1 N–H and O–H groups in total. The fraction of sp³-hybridized carbons (Fsp3) is 0.150. The summed E-state index contributed by atoms with van der Waals surface area (Å²) in [6.07, 6.45) is 1.61. The van der Waals surface area contributed by atoms with Gasteiger partial charge in [-0.25, -0.2) is 4.39 Å². The van der Waals surface area contributed by atoms with Crippen molar-refractivity contribution in [3.63, 3.8) is 0 Å². The molecule has 1 amide bonds. The van der Waals surface area contributed by atoms with Gasteiger partial charge in [0, 0.05) is 6.54 Å². The molecule has 0 saturated carbocycles. The van der Waals surface area contributed by atoms with Crippen LogP contribution in [-0.2, 0) is 11.3 Å². The number of hydrogen-bond donors (Lipinski definition) is 1. The van der Waals surface area contributed by atoms with E-state index in [0.717, 1.165) is 11.8 Å². The minimum absolute atomic E-state index is 0.0738. The van der Waals surface area contributed by atoms with E-state index in [2.05, 4.69) is 26.8 Å². The summed E-state index contributed by atoms with van der Waals surface area (Å²) in [6.45, 7) is 0.988. The van der Waals surface area contributed by atoms with Crippen molar-refractivity contribution in [2.75, 3.05) is 11.1 Å². The molecule has 1 heterocycles. The molecule has 30 heavy (non-hydrogen) atoms. The van der Waals surface area contributed by atoms with Crippen molar-refractivity contribution >= 4 is 23.4 Å². The van der Waals surface area contributed by atoms with Gasteiger partial charge in [0.25, 0.3) is 0 Å². The maximum absolute atomic E-state index is 14.1. The van der Waals surface area contributed by atoms with Crippen LogP contribution < -0.4 is 10.1 Å². The number of carbonyl (C=O) groups excluding carboxylic acids is 1. The number of nitrogens with one attached hydrogen (secondary N) is 1. The summed E-state index contributed by atoms with van der Waals surface area (Å²) in [5, 5.41) is 11.0. The van der Waals surface area contributed by atoms with Gasteiger partial charge in [0.15, 0.2) is 11.0 Å². The van der Waals surface area contributed by atoms with Crippen molar-refractivity contribution in [2.45, 2.75) is 18.3 Å². The first-order valence-electron chi connectivity index (χ1n) is 8.75. The summed E-state index contributed by atoms with van der Waals surface area (Å²) in [4.78, 5) is 12.3. The van der Waals surface area contributed by atoms with Crippen molar-refractivity contribution in [1.29, 1.82) is 0 Å². The number of allylic oxidation sites excluding steroid dienone is 1. The number of anilines is 1. The Morgan fingerprint density at radius 2 is 1.93 bits per heavy atom. The van der Waals surface area contributed by atoms with E-state index >= 15 is 0 Å². The van der Waals surface area contributed by atoms with Crippen molar-refractivity contribution < 1.29 is 22.7 Å². The lowest BCUT2D eigenvalue weighted by Gasteiger charge is -2.11. The van der Waals surface area contributed by atoms with Crippen LogP contribution in [0.15, 0.2) is 66.3 Å². The summed E-state index contributed by atoms with van der Waals surface area (Å²) in [7, 11) is 0. The summed E-state index contributed by atoms with van der Waals surface area (Å²) in [6, 6.07) is 12.0. The molecule has 0 aliphatic rings. The number of rotatable bonds is 9. The number of thioether (sulfide) groups is 1. The molecule has 3 rings (SSSR count). The number of hydrogen-bond acceptors (Lipinski definition) is 5. The lowest BCUT2D eigenvalue weighted by atomic mass is 10.2. The zero-order chi connectivity index (χ0) is 21.5. The highest BCUT2D eigenvalue weighted by atomic mass is 32.2. The molecule has 10 heteroatoms. The molecule has 0 radical (unpaired) electrons. The predicted octanol–water partition coefficient (Wildman–Crippen LogP) is 4.60. The minimum atomic E-state index is -3.01. The molecule has 0 fully saturated rings.